The van der Waals surface area contributed by atoms with Crippen LogP contribution in [0.5, 0.6) is 11.5 Å². The maximum atomic E-state index is 6.13. The molecule has 0 saturated carbocycles. The van der Waals surface area contributed by atoms with Crippen LogP contribution in [0, 0.1) is 0 Å². The van der Waals surface area contributed by atoms with E-state index in [-0.39, 0.29) is 0 Å². The molecule has 0 amide bonds. The van der Waals surface area contributed by atoms with Crippen molar-refractivity contribution in [3.8, 4) is 11.5 Å². The molecular formula is C17H19NO3. The van der Waals surface area contributed by atoms with Crippen LogP contribution in [0.2, 0.25) is 0 Å². The van der Waals surface area contributed by atoms with E-state index in [9.17, 15) is 0 Å². The van der Waals surface area contributed by atoms with Crippen LogP contribution in [-0.4, -0.2) is 25.8 Å². The average molecular weight is 285 g/mol. The van der Waals surface area contributed by atoms with E-state index >= 15 is 0 Å². The average Bonchev–Trinajstić information content (AvgIpc) is 2.55. The van der Waals surface area contributed by atoms with Crippen LogP contribution in [0.3, 0.4) is 0 Å². The van der Waals surface area contributed by atoms with Gasteiger partial charge in [-0.2, -0.15) is 0 Å². The van der Waals surface area contributed by atoms with E-state index in [0.29, 0.717) is 6.61 Å². The number of hydrogen-bond acceptors (Lipinski definition) is 4. The number of fused-ring (bicyclic) bond motifs is 1. The lowest BCUT2D eigenvalue weighted by Crippen LogP contribution is -2.33. The molecule has 1 aliphatic heterocycles. The number of methoxy groups -OCH3 is 2. The Morgan fingerprint density at radius 1 is 1.10 bits per heavy atom. The largest absolute Gasteiger partial charge is 0.493 e. The highest BCUT2D eigenvalue weighted by atomic mass is 16.5. The number of rotatable bonds is 3. The van der Waals surface area contributed by atoms with Crippen molar-refractivity contribution in [3.05, 3.63) is 53.3 Å². The van der Waals surface area contributed by atoms with Gasteiger partial charge in [-0.25, -0.2) is 0 Å². The molecule has 0 radical (unpaired) electrons. The maximum absolute atomic E-state index is 6.13. The van der Waals surface area contributed by atoms with Crippen LogP contribution < -0.4 is 9.47 Å². The van der Waals surface area contributed by atoms with Crippen molar-refractivity contribution in [2.45, 2.75) is 18.9 Å². The van der Waals surface area contributed by atoms with Gasteiger partial charge in [0.05, 0.1) is 20.8 Å². The number of aromatic nitrogens is 1. The Labute approximate surface area is 124 Å². The summed E-state index contributed by atoms with van der Waals surface area (Å²) in [7, 11) is 3.31. The van der Waals surface area contributed by atoms with Crippen molar-refractivity contribution < 1.29 is 14.2 Å². The van der Waals surface area contributed by atoms with E-state index in [1.807, 2.05) is 18.2 Å². The third-order valence-corrected chi connectivity index (χ3v) is 4.12. The summed E-state index contributed by atoms with van der Waals surface area (Å²) in [6.45, 7) is 2.77. The Bertz CT molecular complexity index is 642. The highest BCUT2D eigenvalue weighted by Crippen LogP contribution is 2.43. The molecule has 0 bridgehead atoms. The molecule has 0 aliphatic carbocycles. The lowest BCUT2D eigenvalue weighted by molar-refractivity contribution is -0.0144. The van der Waals surface area contributed by atoms with Crippen LogP contribution in [0.4, 0.5) is 0 Å². The molecular weight excluding hydrogens is 266 g/mol. The van der Waals surface area contributed by atoms with E-state index in [1.165, 1.54) is 5.56 Å². The number of pyridine rings is 1. The molecule has 1 unspecified atom stereocenters. The molecule has 2 aromatic rings. The number of nitrogens with zero attached hydrogens (tertiary/aromatic N) is 1. The quantitative estimate of drug-likeness (QED) is 0.869. The molecule has 0 fully saturated rings. The Balaban J connectivity index is 2.17. The fraction of sp³-hybridized carbons (Fsp3) is 0.353. The summed E-state index contributed by atoms with van der Waals surface area (Å²) in [6.07, 6.45) is 4.45. The Kier molecular flexibility index (Phi) is 3.55. The van der Waals surface area contributed by atoms with E-state index < -0.39 is 5.60 Å². The summed E-state index contributed by atoms with van der Waals surface area (Å²) in [5.74, 6) is 1.48. The van der Waals surface area contributed by atoms with Crippen LogP contribution >= 0.6 is 0 Å². The fourth-order valence-electron chi connectivity index (χ4n) is 2.92. The summed E-state index contributed by atoms with van der Waals surface area (Å²) < 4.78 is 17.0. The lowest BCUT2D eigenvalue weighted by atomic mass is 9.82. The fourth-order valence-corrected chi connectivity index (χ4v) is 2.92. The van der Waals surface area contributed by atoms with Gasteiger partial charge >= 0.3 is 0 Å². The maximum Gasteiger partial charge on any atom is 0.161 e. The van der Waals surface area contributed by atoms with Crippen molar-refractivity contribution in [1.82, 2.24) is 4.98 Å². The molecule has 1 atom stereocenters. The zero-order valence-electron chi connectivity index (χ0n) is 12.6. The van der Waals surface area contributed by atoms with Gasteiger partial charge in [-0.1, -0.05) is 0 Å². The van der Waals surface area contributed by atoms with Gasteiger partial charge in [-0.05, 0) is 54.3 Å². The molecule has 3 rings (SSSR count). The first-order chi connectivity index (χ1) is 10.2. The molecule has 1 aromatic carbocycles. The predicted molar refractivity (Wildman–Crippen MR) is 79.9 cm³/mol. The summed E-state index contributed by atoms with van der Waals surface area (Å²) >= 11 is 0. The van der Waals surface area contributed by atoms with Gasteiger partial charge in [0.15, 0.2) is 11.5 Å². The van der Waals surface area contributed by atoms with E-state index in [0.717, 1.165) is 29.0 Å². The van der Waals surface area contributed by atoms with Gasteiger partial charge in [-0.15, -0.1) is 0 Å². The number of hydrogen-bond donors (Lipinski definition) is 0. The monoisotopic (exact) mass is 285 g/mol. The first kappa shape index (κ1) is 13.9. The Morgan fingerprint density at radius 2 is 1.76 bits per heavy atom. The second-order valence-electron chi connectivity index (χ2n) is 5.23. The van der Waals surface area contributed by atoms with Crippen molar-refractivity contribution in [2.75, 3.05) is 20.8 Å². The Morgan fingerprint density at radius 3 is 2.43 bits per heavy atom. The second-order valence-corrected chi connectivity index (χ2v) is 5.23. The third kappa shape index (κ3) is 2.25. The SMILES string of the molecule is COc1cc2c(cc1OC)C(C)(c1ccncc1)OCC2. The minimum absolute atomic E-state index is 0.490. The minimum Gasteiger partial charge on any atom is -0.493 e. The van der Waals surface area contributed by atoms with Crippen molar-refractivity contribution in [3.63, 3.8) is 0 Å². The number of benzene rings is 1. The molecule has 0 N–H and O–H groups in total. The molecule has 0 saturated heterocycles. The molecule has 1 aromatic heterocycles. The summed E-state index contributed by atoms with van der Waals surface area (Å²) in [5.41, 5.74) is 2.96. The van der Waals surface area contributed by atoms with E-state index in [2.05, 4.69) is 18.0 Å². The zero-order valence-corrected chi connectivity index (χ0v) is 12.6. The third-order valence-electron chi connectivity index (χ3n) is 4.12. The van der Waals surface area contributed by atoms with Crippen molar-refractivity contribution >= 4 is 0 Å². The van der Waals surface area contributed by atoms with Gasteiger partial charge < -0.3 is 14.2 Å². The van der Waals surface area contributed by atoms with Gasteiger partial charge in [0.25, 0.3) is 0 Å². The van der Waals surface area contributed by atoms with Crippen molar-refractivity contribution in [1.29, 1.82) is 0 Å². The number of ether oxygens (including phenoxy) is 3. The van der Waals surface area contributed by atoms with Crippen LogP contribution in [0.1, 0.15) is 23.6 Å². The molecule has 4 heteroatoms. The van der Waals surface area contributed by atoms with Gasteiger partial charge in [-0.3, -0.25) is 4.98 Å². The first-order valence-electron chi connectivity index (χ1n) is 6.99. The van der Waals surface area contributed by atoms with Crippen LogP contribution in [0.25, 0.3) is 0 Å². The molecule has 2 heterocycles. The highest BCUT2D eigenvalue weighted by molar-refractivity contribution is 5.52. The molecule has 0 spiro atoms. The predicted octanol–water partition coefficient (Wildman–Crippen LogP) is 2.94. The molecule has 110 valence electrons. The Hall–Kier alpha value is -2.07. The first-order valence-corrected chi connectivity index (χ1v) is 6.99. The molecule has 4 nitrogen and oxygen atoms in total. The smallest absolute Gasteiger partial charge is 0.161 e. The summed E-state index contributed by atoms with van der Waals surface area (Å²) in [5, 5.41) is 0. The van der Waals surface area contributed by atoms with E-state index in [4.69, 9.17) is 14.2 Å². The zero-order chi connectivity index (χ0) is 14.9. The molecule has 1 aliphatic rings. The highest BCUT2D eigenvalue weighted by Gasteiger charge is 2.36. The topological polar surface area (TPSA) is 40.6 Å². The summed E-state index contributed by atoms with van der Waals surface area (Å²) in [4.78, 5) is 4.09. The van der Waals surface area contributed by atoms with Crippen molar-refractivity contribution in [2.24, 2.45) is 0 Å². The van der Waals surface area contributed by atoms with E-state index in [1.54, 1.807) is 26.6 Å². The normalized spacial score (nSPS) is 20.7. The van der Waals surface area contributed by atoms with Crippen LogP contribution in [0.15, 0.2) is 36.7 Å². The van der Waals surface area contributed by atoms with Gasteiger partial charge in [0.1, 0.15) is 5.60 Å². The second kappa shape index (κ2) is 5.37. The summed E-state index contributed by atoms with van der Waals surface area (Å²) in [6, 6.07) is 8.06. The molecule has 21 heavy (non-hydrogen) atoms. The minimum atomic E-state index is -0.490. The standard InChI is InChI=1S/C17H19NO3/c1-17(13-4-7-18-8-5-13)14-11-16(20-3)15(19-2)10-12(14)6-9-21-17/h4-5,7-8,10-11H,6,9H2,1-3H3. The van der Waals surface area contributed by atoms with Gasteiger partial charge in [0, 0.05) is 12.4 Å². The van der Waals surface area contributed by atoms with Crippen LogP contribution in [-0.2, 0) is 16.8 Å². The van der Waals surface area contributed by atoms with Gasteiger partial charge in [0.2, 0.25) is 0 Å². The lowest BCUT2D eigenvalue weighted by Gasteiger charge is -2.37.